The summed E-state index contributed by atoms with van der Waals surface area (Å²) < 4.78 is 5.90. The maximum atomic E-state index is 12.6. The summed E-state index contributed by atoms with van der Waals surface area (Å²) >= 11 is 15.2. The van der Waals surface area contributed by atoms with E-state index in [4.69, 9.17) is 33.2 Å². The maximum Gasteiger partial charge on any atom is 0.262 e. The van der Waals surface area contributed by atoms with Crippen LogP contribution in [0.1, 0.15) is 29.8 Å². The van der Waals surface area contributed by atoms with Crippen molar-refractivity contribution < 1.29 is 14.3 Å². The molecule has 0 aromatic heterocycles. The molecule has 2 rings (SSSR count). The van der Waals surface area contributed by atoms with Crippen LogP contribution < -0.4 is 15.5 Å². The Morgan fingerprint density at radius 3 is 2.58 bits per heavy atom. The summed E-state index contributed by atoms with van der Waals surface area (Å²) in [6.45, 7) is 3.55. The molecule has 7 nitrogen and oxygen atoms in total. The number of amides is 2. The Morgan fingerprint density at radius 1 is 1.23 bits per heavy atom. The number of ether oxygens (including phenoxy) is 1. The zero-order valence-electron chi connectivity index (χ0n) is 16.7. The van der Waals surface area contributed by atoms with Gasteiger partial charge in [0.2, 0.25) is 0 Å². The number of hydrogen-bond donors (Lipinski definition) is 2. The summed E-state index contributed by atoms with van der Waals surface area (Å²) in [7, 11) is 0. The Morgan fingerprint density at radius 2 is 1.97 bits per heavy atom. The van der Waals surface area contributed by atoms with E-state index in [1.807, 2.05) is 6.07 Å². The number of nitrogens with one attached hydrogen (secondary N) is 2. The molecule has 2 aromatic carbocycles. The molecule has 0 aliphatic heterocycles. The van der Waals surface area contributed by atoms with Gasteiger partial charge in [-0.15, -0.1) is 0 Å². The predicted molar refractivity (Wildman–Crippen MR) is 124 cm³/mol. The Hall–Kier alpha value is -2.60. The van der Waals surface area contributed by atoms with Gasteiger partial charge in [-0.2, -0.15) is 10.4 Å². The Labute approximate surface area is 198 Å². The minimum absolute atomic E-state index is 0.0629. The smallest absolute Gasteiger partial charge is 0.262 e. The maximum absolute atomic E-state index is 12.6. The van der Waals surface area contributed by atoms with E-state index in [0.717, 1.165) is 0 Å². The van der Waals surface area contributed by atoms with Gasteiger partial charge in [-0.25, -0.2) is 5.43 Å². The lowest BCUT2D eigenvalue weighted by Gasteiger charge is -2.20. The van der Waals surface area contributed by atoms with E-state index in [-0.39, 0.29) is 17.5 Å². The summed E-state index contributed by atoms with van der Waals surface area (Å²) in [5.41, 5.74) is 3.42. The summed E-state index contributed by atoms with van der Waals surface area (Å²) in [5.74, 6) is -0.582. The molecular weight excluding hydrogens is 507 g/mol. The quantitative estimate of drug-likeness (QED) is 0.389. The zero-order chi connectivity index (χ0) is 23.0. The average molecular weight is 526 g/mol. The average Bonchev–Trinajstić information content (AvgIpc) is 2.72. The van der Waals surface area contributed by atoms with Crippen LogP contribution in [0.15, 0.2) is 46.0 Å². The van der Waals surface area contributed by atoms with Gasteiger partial charge in [-0.05, 0) is 63.8 Å². The number of halogens is 3. The van der Waals surface area contributed by atoms with Crippen molar-refractivity contribution in [2.45, 2.75) is 19.9 Å². The van der Waals surface area contributed by atoms with Crippen molar-refractivity contribution in [3.8, 4) is 11.8 Å². The molecule has 2 N–H and O–H groups in total. The molecule has 0 saturated heterocycles. The number of nitriles is 1. The van der Waals surface area contributed by atoms with Gasteiger partial charge in [0.25, 0.3) is 11.8 Å². The number of hydrazone groups is 1. The van der Waals surface area contributed by atoms with Crippen molar-refractivity contribution in [2.24, 2.45) is 11.0 Å². The molecule has 0 heterocycles. The van der Waals surface area contributed by atoms with Gasteiger partial charge in [0.1, 0.15) is 17.9 Å². The zero-order valence-corrected chi connectivity index (χ0v) is 19.8. The van der Waals surface area contributed by atoms with E-state index < -0.39 is 17.9 Å². The standard InChI is InChI=1S/C21H19BrCl2N4O3/c1-12(2)19(27-20(29)14-4-5-16(23)17(24)10-14)21(30)28-26-11-13-3-6-18(15(22)9-13)31-8-7-25/h3-6,9-12,19H,8H2,1-2H3,(H,27,29)(H,28,30)/b26-11-. The second-order valence-electron chi connectivity index (χ2n) is 6.69. The number of carbonyl (C=O) groups excluding carboxylic acids is 2. The highest BCUT2D eigenvalue weighted by atomic mass is 79.9. The van der Waals surface area contributed by atoms with Gasteiger partial charge in [0.05, 0.1) is 20.7 Å². The molecule has 162 valence electrons. The molecule has 2 amide bonds. The van der Waals surface area contributed by atoms with Gasteiger partial charge in [0, 0.05) is 5.56 Å². The molecule has 1 unspecified atom stereocenters. The van der Waals surface area contributed by atoms with Crippen LogP contribution in [0.5, 0.6) is 5.75 Å². The SMILES string of the molecule is CC(C)C(NC(=O)c1ccc(Cl)c(Cl)c1)C(=O)N/N=C\c1ccc(OCC#N)c(Br)c1. The molecule has 31 heavy (non-hydrogen) atoms. The van der Waals surface area contributed by atoms with E-state index >= 15 is 0 Å². The van der Waals surface area contributed by atoms with Crippen LogP contribution in [0.2, 0.25) is 10.0 Å². The lowest BCUT2D eigenvalue weighted by Crippen LogP contribution is -2.48. The minimum atomic E-state index is -0.812. The first-order chi connectivity index (χ1) is 14.7. The molecule has 0 aliphatic rings. The fourth-order valence-electron chi connectivity index (χ4n) is 2.46. The summed E-state index contributed by atoms with van der Waals surface area (Å²) in [6.07, 6.45) is 1.45. The summed E-state index contributed by atoms with van der Waals surface area (Å²) in [4.78, 5) is 25.1. The van der Waals surface area contributed by atoms with Gasteiger partial charge < -0.3 is 10.1 Å². The predicted octanol–water partition coefficient (Wildman–Crippen LogP) is 4.56. The van der Waals surface area contributed by atoms with E-state index in [1.165, 1.54) is 24.4 Å². The van der Waals surface area contributed by atoms with Crippen LogP contribution in [-0.2, 0) is 4.79 Å². The second-order valence-corrected chi connectivity index (χ2v) is 8.36. The van der Waals surface area contributed by atoms with E-state index in [2.05, 4.69) is 31.8 Å². The van der Waals surface area contributed by atoms with Gasteiger partial charge in [-0.1, -0.05) is 37.0 Å². The molecule has 0 saturated carbocycles. The molecule has 0 aliphatic carbocycles. The third-order valence-corrected chi connectivity index (χ3v) is 5.41. The fraction of sp³-hybridized carbons (Fsp3) is 0.238. The van der Waals surface area contributed by atoms with E-state index in [0.29, 0.717) is 26.4 Å². The first-order valence-electron chi connectivity index (χ1n) is 9.11. The lowest BCUT2D eigenvalue weighted by molar-refractivity contribution is -0.123. The Balaban J connectivity index is 2.02. The van der Waals surface area contributed by atoms with Crippen molar-refractivity contribution in [1.82, 2.24) is 10.7 Å². The lowest BCUT2D eigenvalue weighted by atomic mass is 10.0. The highest BCUT2D eigenvalue weighted by Gasteiger charge is 2.24. The molecule has 0 spiro atoms. The summed E-state index contributed by atoms with van der Waals surface area (Å²) in [6, 6.07) is 10.7. The van der Waals surface area contributed by atoms with Crippen molar-refractivity contribution in [1.29, 1.82) is 5.26 Å². The number of benzene rings is 2. The summed E-state index contributed by atoms with van der Waals surface area (Å²) in [5, 5.41) is 15.8. The van der Waals surface area contributed by atoms with Crippen LogP contribution in [0.4, 0.5) is 0 Å². The topological polar surface area (TPSA) is 104 Å². The van der Waals surface area contributed by atoms with Crippen molar-refractivity contribution >= 4 is 57.2 Å². The van der Waals surface area contributed by atoms with E-state index in [9.17, 15) is 9.59 Å². The molecule has 0 radical (unpaired) electrons. The van der Waals surface area contributed by atoms with Crippen molar-refractivity contribution in [2.75, 3.05) is 6.61 Å². The van der Waals surface area contributed by atoms with Crippen molar-refractivity contribution in [3.05, 3.63) is 62.0 Å². The first kappa shape index (κ1) is 24.7. The number of rotatable bonds is 8. The minimum Gasteiger partial charge on any atom is -0.478 e. The molecule has 10 heteroatoms. The van der Waals surface area contributed by atoms with Crippen LogP contribution in [-0.4, -0.2) is 30.7 Å². The highest BCUT2D eigenvalue weighted by molar-refractivity contribution is 9.10. The number of hydrogen-bond acceptors (Lipinski definition) is 5. The Kier molecular flexibility index (Phi) is 9.31. The van der Waals surface area contributed by atoms with Gasteiger partial charge in [0.15, 0.2) is 6.61 Å². The van der Waals surface area contributed by atoms with Crippen LogP contribution in [0, 0.1) is 17.2 Å². The molecule has 0 fully saturated rings. The Bertz CT molecular complexity index is 1040. The first-order valence-corrected chi connectivity index (χ1v) is 10.7. The van der Waals surface area contributed by atoms with Gasteiger partial charge >= 0.3 is 0 Å². The normalized spacial score (nSPS) is 11.8. The number of nitrogens with zero attached hydrogens (tertiary/aromatic N) is 2. The van der Waals surface area contributed by atoms with Crippen molar-refractivity contribution in [3.63, 3.8) is 0 Å². The van der Waals surface area contributed by atoms with Crippen LogP contribution in [0.25, 0.3) is 0 Å². The highest BCUT2D eigenvalue weighted by Crippen LogP contribution is 2.25. The van der Waals surface area contributed by atoms with Crippen LogP contribution >= 0.6 is 39.1 Å². The second kappa shape index (κ2) is 11.7. The molecule has 0 bridgehead atoms. The molecular formula is C21H19BrCl2N4O3. The monoisotopic (exact) mass is 524 g/mol. The number of carbonyl (C=O) groups is 2. The van der Waals surface area contributed by atoms with Gasteiger partial charge in [-0.3, -0.25) is 9.59 Å². The largest absolute Gasteiger partial charge is 0.478 e. The molecule has 2 aromatic rings. The fourth-order valence-corrected chi connectivity index (χ4v) is 3.27. The van der Waals surface area contributed by atoms with E-state index in [1.54, 1.807) is 32.0 Å². The van der Waals surface area contributed by atoms with Crippen LogP contribution in [0.3, 0.4) is 0 Å². The third-order valence-electron chi connectivity index (χ3n) is 4.05. The molecule has 1 atom stereocenters. The third kappa shape index (κ3) is 7.24.